The van der Waals surface area contributed by atoms with Crippen molar-refractivity contribution in [1.29, 1.82) is 0 Å². The summed E-state index contributed by atoms with van der Waals surface area (Å²) in [5, 5.41) is 0. The summed E-state index contributed by atoms with van der Waals surface area (Å²) in [6.45, 7) is 7.84. The van der Waals surface area contributed by atoms with Crippen LogP contribution in [-0.4, -0.2) is 31.2 Å². The van der Waals surface area contributed by atoms with Gasteiger partial charge in [0.2, 0.25) is 0 Å². The zero-order valence-corrected chi connectivity index (χ0v) is 8.82. The van der Waals surface area contributed by atoms with Gasteiger partial charge in [0.05, 0.1) is 19.3 Å². The smallest absolute Gasteiger partial charge is 0.121 e. The lowest BCUT2D eigenvalue weighted by Crippen LogP contribution is -2.37. The van der Waals surface area contributed by atoms with Gasteiger partial charge >= 0.3 is 0 Å². The molecule has 2 heterocycles. The second-order valence-electron chi connectivity index (χ2n) is 3.77. The van der Waals surface area contributed by atoms with Crippen LogP contribution in [-0.2, 0) is 4.74 Å². The van der Waals surface area contributed by atoms with Crippen LogP contribution < -0.4 is 0 Å². The van der Waals surface area contributed by atoms with Gasteiger partial charge in [-0.3, -0.25) is 4.90 Å². The molecule has 0 aliphatic carbocycles. The standard InChI is InChI=1S/C11H17NO2/c1-9-3-4-11(14-9)10(2)12-5-7-13-8-6-12/h3-4,10H,5-8H2,1-2H3/t10-/m1/s1. The first kappa shape index (κ1) is 9.74. The molecule has 1 saturated heterocycles. The Morgan fingerprint density at radius 3 is 2.57 bits per heavy atom. The molecule has 0 aromatic carbocycles. The average Bonchev–Trinajstić information content (AvgIpc) is 2.65. The maximum atomic E-state index is 5.62. The van der Waals surface area contributed by atoms with E-state index in [2.05, 4.69) is 17.9 Å². The van der Waals surface area contributed by atoms with Crippen molar-refractivity contribution in [2.75, 3.05) is 26.3 Å². The minimum Gasteiger partial charge on any atom is -0.465 e. The van der Waals surface area contributed by atoms with E-state index in [1.54, 1.807) is 0 Å². The zero-order chi connectivity index (χ0) is 9.97. The molecule has 0 spiro atoms. The second-order valence-corrected chi connectivity index (χ2v) is 3.77. The van der Waals surface area contributed by atoms with Crippen LogP contribution in [0.4, 0.5) is 0 Å². The third kappa shape index (κ3) is 1.99. The predicted octanol–water partition coefficient (Wildman–Crippen LogP) is 1.98. The highest BCUT2D eigenvalue weighted by atomic mass is 16.5. The normalized spacial score (nSPS) is 21.0. The van der Waals surface area contributed by atoms with Crippen LogP contribution in [0.3, 0.4) is 0 Å². The highest BCUT2D eigenvalue weighted by Gasteiger charge is 2.20. The number of aryl methyl sites for hydroxylation is 1. The molecule has 1 aliphatic heterocycles. The topological polar surface area (TPSA) is 25.6 Å². The molecule has 0 bridgehead atoms. The van der Waals surface area contributed by atoms with Gasteiger partial charge in [-0.15, -0.1) is 0 Å². The molecule has 1 aromatic rings. The summed E-state index contributed by atoms with van der Waals surface area (Å²) in [5.74, 6) is 2.05. The lowest BCUT2D eigenvalue weighted by molar-refractivity contribution is 0.0156. The summed E-state index contributed by atoms with van der Waals surface area (Å²) in [5.41, 5.74) is 0. The Hall–Kier alpha value is -0.800. The summed E-state index contributed by atoms with van der Waals surface area (Å²) in [6, 6.07) is 4.45. The van der Waals surface area contributed by atoms with E-state index < -0.39 is 0 Å². The quantitative estimate of drug-likeness (QED) is 0.721. The Morgan fingerprint density at radius 2 is 2.00 bits per heavy atom. The Morgan fingerprint density at radius 1 is 1.29 bits per heavy atom. The maximum Gasteiger partial charge on any atom is 0.121 e. The number of nitrogens with zero attached hydrogens (tertiary/aromatic N) is 1. The van der Waals surface area contributed by atoms with Crippen molar-refractivity contribution in [3.8, 4) is 0 Å². The van der Waals surface area contributed by atoms with Gasteiger partial charge in [0.1, 0.15) is 11.5 Å². The molecule has 1 aliphatic rings. The number of morpholine rings is 1. The van der Waals surface area contributed by atoms with Crippen LogP contribution in [0.25, 0.3) is 0 Å². The molecule has 0 amide bonds. The Kier molecular flexibility index (Phi) is 2.89. The molecule has 0 N–H and O–H groups in total. The molecule has 0 saturated carbocycles. The minimum atomic E-state index is 0.368. The summed E-state index contributed by atoms with van der Waals surface area (Å²) >= 11 is 0. The molecule has 1 aromatic heterocycles. The Bertz CT molecular complexity index is 289. The molecule has 0 radical (unpaired) electrons. The van der Waals surface area contributed by atoms with E-state index in [9.17, 15) is 0 Å². The Balaban J connectivity index is 2.03. The van der Waals surface area contributed by atoms with Crippen molar-refractivity contribution in [2.24, 2.45) is 0 Å². The fourth-order valence-electron chi connectivity index (χ4n) is 1.82. The molecule has 78 valence electrons. The number of ether oxygens (including phenoxy) is 1. The van der Waals surface area contributed by atoms with Crippen LogP contribution in [0.1, 0.15) is 24.5 Å². The van der Waals surface area contributed by atoms with E-state index in [1.165, 1.54) is 0 Å². The van der Waals surface area contributed by atoms with E-state index >= 15 is 0 Å². The van der Waals surface area contributed by atoms with E-state index in [0.717, 1.165) is 37.8 Å². The highest BCUT2D eigenvalue weighted by molar-refractivity contribution is 5.09. The molecular formula is C11H17NO2. The van der Waals surface area contributed by atoms with E-state index in [4.69, 9.17) is 9.15 Å². The monoisotopic (exact) mass is 195 g/mol. The molecule has 3 heteroatoms. The summed E-state index contributed by atoms with van der Waals surface area (Å²) in [7, 11) is 0. The SMILES string of the molecule is Cc1ccc([C@@H](C)N2CCOCC2)o1. The van der Waals surface area contributed by atoms with Gasteiger partial charge in [-0.1, -0.05) is 0 Å². The molecule has 0 unspecified atom stereocenters. The fourth-order valence-corrected chi connectivity index (χ4v) is 1.82. The number of hydrogen-bond acceptors (Lipinski definition) is 3. The van der Waals surface area contributed by atoms with Gasteiger partial charge in [0, 0.05) is 13.1 Å². The van der Waals surface area contributed by atoms with Crippen molar-refractivity contribution in [2.45, 2.75) is 19.9 Å². The van der Waals surface area contributed by atoms with Gasteiger partial charge in [-0.2, -0.15) is 0 Å². The van der Waals surface area contributed by atoms with E-state index in [1.807, 2.05) is 13.0 Å². The van der Waals surface area contributed by atoms with Crippen molar-refractivity contribution >= 4 is 0 Å². The summed E-state index contributed by atoms with van der Waals surface area (Å²) < 4.78 is 10.9. The van der Waals surface area contributed by atoms with Crippen molar-refractivity contribution < 1.29 is 9.15 Å². The summed E-state index contributed by atoms with van der Waals surface area (Å²) in [6.07, 6.45) is 0. The lowest BCUT2D eigenvalue weighted by Gasteiger charge is -2.31. The van der Waals surface area contributed by atoms with Crippen LogP contribution >= 0.6 is 0 Å². The van der Waals surface area contributed by atoms with E-state index in [0.29, 0.717) is 6.04 Å². The maximum absolute atomic E-state index is 5.62. The highest BCUT2D eigenvalue weighted by Crippen LogP contribution is 2.22. The van der Waals surface area contributed by atoms with Crippen LogP contribution in [0.15, 0.2) is 16.5 Å². The largest absolute Gasteiger partial charge is 0.465 e. The van der Waals surface area contributed by atoms with Gasteiger partial charge < -0.3 is 9.15 Å². The molecule has 2 rings (SSSR count). The van der Waals surface area contributed by atoms with Crippen molar-refractivity contribution in [1.82, 2.24) is 4.90 Å². The van der Waals surface area contributed by atoms with Gasteiger partial charge in [-0.05, 0) is 26.0 Å². The van der Waals surface area contributed by atoms with Gasteiger partial charge in [-0.25, -0.2) is 0 Å². The van der Waals surface area contributed by atoms with E-state index in [-0.39, 0.29) is 0 Å². The summed E-state index contributed by atoms with van der Waals surface area (Å²) in [4.78, 5) is 2.39. The third-order valence-corrected chi connectivity index (χ3v) is 2.77. The van der Waals surface area contributed by atoms with Gasteiger partial charge in [0.15, 0.2) is 0 Å². The number of furan rings is 1. The van der Waals surface area contributed by atoms with Gasteiger partial charge in [0.25, 0.3) is 0 Å². The zero-order valence-electron chi connectivity index (χ0n) is 8.82. The first-order chi connectivity index (χ1) is 6.77. The molecule has 3 nitrogen and oxygen atoms in total. The first-order valence-electron chi connectivity index (χ1n) is 5.15. The average molecular weight is 195 g/mol. The van der Waals surface area contributed by atoms with Crippen LogP contribution in [0.5, 0.6) is 0 Å². The first-order valence-corrected chi connectivity index (χ1v) is 5.15. The third-order valence-electron chi connectivity index (χ3n) is 2.77. The van der Waals surface area contributed by atoms with Crippen LogP contribution in [0, 0.1) is 6.92 Å². The van der Waals surface area contributed by atoms with Crippen molar-refractivity contribution in [3.05, 3.63) is 23.7 Å². The van der Waals surface area contributed by atoms with Crippen molar-refractivity contribution in [3.63, 3.8) is 0 Å². The second kappa shape index (κ2) is 4.15. The predicted molar refractivity (Wildman–Crippen MR) is 54.3 cm³/mol. The number of hydrogen-bond donors (Lipinski definition) is 0. The molecule has 1 atom stereocenters. The molecule has 14 heavy (non-hydrogen) atoms. The van der Waals surface area contributed by atoms with Crippen LogP contribution in [0.2, 0.25) is 0 Å². The fraction of sp³-hybridized carbons (Fsp3) is 0.636. The Labute approximate surface area is 84.6 Å². The minimum absolute atomic E-state index is 0.368. The molecular weight excluding hydrogens is 178 g/mol. The molecule has 1 fully saturated rings. The lowest BCUT2D eigenvalue weighted by atomic mass is 10.2. The number of rotatable bonds is 2.